The van der Waals surface area contributed by atoms with Gasteiger partial charge in [0.05, 0.1) is 6.61 Å². The standard InChI is InChI=1S/C14H21NO2/c1-10-3-4-13(14(16)7-10)11(2)15-8-12-5-6-17-9-12/h3-4,7,11-12,15-16H,5-6,8-9H2,1-2H3. The van der Waals surface area contributed by atoms with Gasteiger partial charge in [-0.1, -0.05) is 12.1 Å². The quantitative estimate of drug-likeness (QED) is 0.842. The van der Waals surface area contributed by atoms with Crippen LogP contribution in [0.3, 0.4) is 0 Å². The Kier molecular flexibility index (Phi) is 4.02. The van der Waals surface area contributed by atoms with Gasteiger partial charge in [0.15, 0.2) is 0 Å². The summed E-state index contributed by atoms with van der Waals surface area (Å²) in [7, 11) is 0. The summed E-state index contributed by atoms with van der Waals surface area (Å²) in [5.74, 6) is 0.998. The molecular weight excluding hydrogens is 214 g/mol. The fraction of sp³-hybridized carbons (Fsp3) is 0.571. The maximum absolute atomic E-state index is 9.89. The Labute approximate surface area is 103 Å². The largest absolute Gasteiger partial charge is 0.508 e. The molecule has 1 fully saturated rings. The average molecular weight is 235 g/mol. The molecule has 0 aliphatic carbocycles. The number of aromatic hydroxyl groups is 1. The lowest BCUT2D eigenvalue weighted by atomic mass is 10.0. The van der Waals surface area contributed by atoms with Crippen LogP contribution in [-0.2, 0) is 4.74 Å². The van der Waals surface area contributed by atoms with Gasteiger partial charge in [-0.3, -0.25) is 0 Å². The number of hydrogen-bond acceptors (Lipinski definition) is 3. The van der Waals surface area contributed by atoms with Gasteiger partial charge in [-0.15, -0.1) is 0 Å². The van der Waals surface area contributed by atoms with E-state index in [1.165, 1.54) is 0 Å². The molecule has 1 aromatic rings. The van der Waals surface area contributed by atoms with E-state index in [1.807, 2.05) is 25.1 Å². The van der Waals surface area contributed by atoms with E-state index in [1.54, 1.807) is 0 Å². The molecule has 3 nitrogen and oxygen atoms in total. The summed E-state index contributed by atoms with van der Waals surface area (Å²) in [6.07, 6.45) is 1.14. The van der Waals surface area contributed by atoms with Gasteiger partial charge in [0.25, 0.3) is 0 Å². The molecule has 94 valence electrons. The molecule has 1 aromatic carbocycles. The van der Waals surface area contributed by atoms with Crippen molar-refractivity contribution >= 4 is 0 Å². The Morgan fingerprint density at radius 3 is 3.00 bits per heavy atom. The second-order valence-electron chi connectivity index (χ2n) is 4.92. The highest BCUT2D eigenvalue weighted by atomic mass is 16.5. The number of phenols is 1. The van der Waals surface area contributed by atoms with Gasteiger partial charge < -0.3 is 15.2 Å². The van der Waals surface area contributed by atoms with E-state index in [2.05, 4.69) is 12.2 Å². The first-order chi connectivity index (χ1) is 8.16. The molecule has 1 saturated heterocycles. The van der Waals surface area contributed by atoms with Gasteiger partial charge in [0.1, 0.15) is 5.75 Å². The lowest BCUT2D eigenvalue weighted by molar-refractivity contribution is 0.184. The molecule has 3 heteroatoms. The zero-order chi connectivity index (χ0) is 12.3. The Morgan fingerprint density at radius 2 is 2.35 bits per heavy atom. The SMILES string of the molecule is Cc1ccc(C(C)NCC2CCOC2)c(O)c1. The van der Waals surface area contributed by atoms with Crippen LogP contribution in [0.5, 0.6) is 5.75 Å². The van der Waals surface area contributed by atoms with Crippen LogP contribution in [0.4, 0.5) is 0 Å². The molecule has 0 aromatic heterocycles. The number of ether oxygens (including phenoxy) is 1. The van der Waals surface area contributed by atoms with Gasteiger partial charge in [-0.2, -0.15) is 0 Å². The van der Waals surface area contributed by atoms with E-state index >= 15 is 0 Å². The molecule has 1 aliphatic heterocycles. The molecule has 2 N–H and O–H groups in total. The Hall–Kier alpha value is -1.06. The Balaban J connectivity index is 1.91. The van der Waals surface area contributed by atoms with Crippen LogP contribution < -0.4 is 5.32 Å². The fourth-order valence-electron chi connectivity index (χ4n) is 2.22. The van der Waals surface area contributed by atoms with Gasteiger partial charge in [-0.25, -0.2) is 0 Å². The third-order valence-corrected chi connectivity index (χ3v) is 3.39. The molecule has 17 heavy (non-hydrogen) atoms. The monoisotopic (exact) mass is 235 g/mol. The predicted molar refractivity (Wildman–Crippen MR) is 68.2 cm³/mol. The van der Waals surface area contributed by atoms with Crippen molar-refractivity contribution in [1.82, 2.24) is 5.32 Å². The summed E-state index contributed by atoms with van der Waals surface area (Å²) in [6.45, 7) is 6.77. The van der Waals surface area contributed by atoms with Crippen molar-refractivity contribution in [2.75, 3.05) is 19.8 Å². The molecule has 2 unspecified atom stereocenters. The third-order valence-electron chi connectivity index (χ3n) is 3.39. The number of benzene rings is 1. The summed E-state index contributed by atoms with van der Waals surface area (Å²) in [4.78, 5) is 0. The van der Waals surface area contributed by atoms with Crippen LogP contribution in [0.25, 0.3) is 0 Å². The topological polar surface area (TPSA) is 41.5 Å². The van der Waals surface area contributed by atoms with Gasteiger partial charge in [0.2, 0.25) is 0 Å². The van der Waals surface area contributed by atoms with Crippen molar-refractivity contribution in [1.29, 1.82) is 0 Å². The minimum atomic E-state index is 0.177. The van der Waals surface area contributed by atoms with E-state index in [0.717, 1.165) is 37.3 Å². The first-order valence-electron chi connectivity index (χ1n) is 6.27. The molecule has 0 radical (unpaired) electrons. The van der Waals surface area contributed by atoms with E-state index in [9.17, 15) is 5.11 Å². The highest BCUT2D eigenvalue weighted by Gasteiger charge is 2.17. The van der Waals surface area contributed by atoms with Crippen LogP contribution in [0, 0.1) is 12.8 Å². The maximum Gasteiger partial charge on any atom is 0.120 e. The van der Waals surface area contributed by atoms with Crippen molar-refractivity contribution in [2.45, 2.75) is 26.3 Å². The summed E-state index contributed by atoms with van der Waals surface area (Å²) in [5, 5.41) is 13.4. The lowest BCUT2D eigenvalue weighted by Crippen LogP contribution is -2.26. The highest BCUT2D eigenvalue weighted by Crippen LogP contribution is 2.25. The van der Waals surface area contributed by atoms with E-state index in [0.29, 0.717) is 11.7 Å². The number of nitrogens with one attached hydrogen (secondary N) is 1. The Bertz CT molecular complexity index is 372. The van der Waals surface area contributed by atoms with Crippen molar-refractivity contribution in [2.24, 2.45) is 5.92 Å². The number of rotatable bonds is 4. The number of hydrogen-bond donors (Lipinski definition) is 2. The van der Waals surface area contributed by atoms with Crippen molar-refractivity contribution < 1.29 is 9.84 Å². The molecule has 1 heterocycles. The van der Waals surface area contributed by atoms with Crippen LogP contribution in [0.1, 0.15) is 30.5 Å². The Morgan fingerprint density at radius 1 is 1.53 bits per heavy atom. The van der Waals surface area contributed by atoms with Gasteiger partial charge in [0, 0.05) is 24.8 Å². The molecule has 0 saturated carbocycles. The van der Waals surface area contributed by atoms with E-state index < -0.39 is 0 Å². The van der Waals surface area contributed by atoms with Crippen molar-refractivity contribution in [3.63, 3.8) is 0 Å². The van der Waals surface area contributed by atoms with Crippen molar-refractivity contribution in [3.8, 4) is 5.75 Å². The highest BCUT2D eigenvalue weighted by molar-refractivity contribution is 5.37. The maximum atomic E-state index is 9.89. The summed E-state index contributed by atoms with van der Waals surface area (Å²) < 4.78 is 5.35. The lowest BCUT2D eigenvalue weighted by Gasteiger charge is -2.18. The zero-order valence-electron chi connectivity index (χ0n) is 10.6. The van der Waals surface area contributed by atoms with Crippen LogP contribution in [0.2, 0.25) is 0 Å². The zero-order valence-corrected chi connectivity index (χ0v) is 10.6. The van der Waals surface area contributed by atoms with E-state index in [-0.39, 0.29) is 6.04 Å². The molecule has 1 aliphatic rings. The van der Waals surface area contributed by atoms with Crippen LogP contribution in [0.15, 0.2) is 18.2 Å². The fourth-order valence-corrected chi connectivity index (χ4v) is 2.22. The minimum absolute atomic E-state index is 0.177. The molecule has 2 atom stereocenters. The third kappa shape index (κ3) is 3.20. The minimum Gasteiger partial charge on any atom is -0.508 e. The summed E-state index contributed by atoms with van der Waals surface area (Å²) in [5.41, 5.74) is 2.05. The van der Waals surface area contributed by atoms with Crippen LogP contribution in [-0.4, -0.2) is 24.9 Å². The molecule has 2 rings (SSSR count). The molecule has 0 bridgehead atoms. The molecular formula is C14H21NO2. The second-order valence-corrected chi connectivity index (χ2v) is 4.92. The molecule has 0 spiro atoms. The number of aryl methyl sites for hydroxylation is 1. The molecule has 0 amide bonds. The van der Waals surface area contributed by atoms with Crippen LogP contribution >= 0.6 is 0 Å². The smallest absolute Gasteiger partial charge is 0.120 e. The van der Waals surface area contributed by atoms with E-state index in [4.69, 9.17) is 4.74 Å². The second kappa shape index (κ2) is 5.52. The van der Waals surface area contributed by atoms with Gasteiger partial charge >= 0.3 is 0 Å². The summed E-state index contributed by atoms with van der Waals surface area (Å²) in [6, 6.07) is 6.02. The normalized spacial score (nSPS) is 21.6. The number of phenolic OH excluding ortho intramolecular Hbond substituents is 1. The van der Waals surface area contributed by atoms with Gasteiger partial charge in [-0.05, 0) is 37.8 Å². The summed E-state index contributed by atoms with van der Waals surface area (Å²) >= 11 is 0. The first-order valence-corrected chi connectivity index (χ1v) is 6.27. The predicted octanol–water partition coefficient (Wildman–Crippen LogP) is 2.39. The average Bonchev–Trinajstić information content (AvgIpc) is 2.78. The first kappa shape index (κ1) is 12.4. The van der Waals surface area contributed by atoms with Crippen molar-refractivity contribution in [3.05, 3.63) is 29.3 Å².